The molecule has 5 nitrogen and oxygen atoms in total. The Bertz CT molecular complexity index is 763. The molecule has 0 heterocycles. The summed E-state index contributed by atoms with van der Waals surface area (Å²) in [6.45, 7) is 4.53. The van der Waals surface area contributed by atoms with Gasteiger partial charge in [-0.05, 0) is 55.8 Å². The van der Waals surface area contributed by atoms with Crippen molar-refractivity contribution in [3.63, 3.8) is 0 Å². The Morgan fingerprint density at radius 3 is 2.62 bits per heavy atom. The summed E-state index contributed by atoms with van der Waals surface area (Å²) in [6, 6.07) is 10.7. The Balaban J connectivity index is 2.13. The number of halogens is 1. The average molecular weight is 378 g/mol. The number of carbonyl (C=O) groups is 1. The summed E-state index contributed by atoms with van der Waals surface area (Å²) in [4.78, 5) is 12.4. The third-order valence-electron chi connectivity index (χ3n) is 3.86. The van der Waals surface area contributed by atoms with E-state index in [0.717, 1.165) is 11.1 Å². The lowest BCUT2D eigenvalue weighted by Gasteiger charge is -2.15. The first-order chi connectivity index (χ1) is 12.4. The Kier molecular flexibility index (Phi) is 7.30. The molecule has 1 amide bonds. The lowest BCUT2D eigenvalue weighted by molar-refractivity contribution is 0.0905. The molecule has 26 heavy (non-hydrogen) atoms. The molecule has 0 saturated heterocycles. The highest BCUT2D eigenvalue weighted by molar-refractivity contribution is 6.31. The summed E-state index contributed by atoms with van der Waals surface area (Å²) in [5.74, 6) is 1.20. The van der Waals surface area contributed by atoms with Crippen molar-refractivity contribution >= 4 is 17.5 Å². The van der Waals surface area contributed by atoms with Crippen LogP contribution in [0.15, 0.2) is 36.4 Å². The van der Waals surface area contributed by atoms with Crippen LogP contribution >= 0.6 is 11.6 Å². The smallest absolute Gasteiger partial charge is 0.251 e. The summed E-state index contributed by atoms with van der Waals surface area (Å²) in [6.07, 6.45) is 0. The second-order valence-corrected chi connectivity index (χ2v) is 6.46. The van der Waals surface area contributed by atoms with Crippen molar-refractivity contribution in [1.82, 2.24) is 5.32 Å². The molecule has 0 bridgehead atoms. The summed E-state index contributed by atoms with van der Waals surface area (Å²) < 4.78 is 16.3. The van der Waals surface area contributed by atoms with Crippen molar-refractivity contribution in [2.24, 2.45) is 0 Å². The summed E-state index contributed by atoms with van der Waals surface area (Å²) in [7, 11) is 3.19. The fourth-order valence-corrected chi connectivity index (χ4v) is 2.62. The Hall–Kier alpha value is -2.24. The van der Waals surface area contributed by atoms with Gasteiger partial charge in [-0.15, -0.1) is 0 Å². The molecule has 1 atom stereocenters. The van der Waals surface area contributed by atoms with Gasteiger partial charge in [0.25, 0.3) is 5.91 Å². The highest BCUT2D eigenvalue weighted by Crippen LogP contribution is 2.25. The topological polar surface area (TPSA) is 56.8 Å². The van der Waals surface area contributed by atoms with Crippen LogP contribution in [0.2, 0.25) is 5.02 Å². The van der Waals surface area contributed by atoms with Crippen LogP contribution in [0.25, 0.3) is 0 Å². The molecular weight excluding hydrogens is 354 g/mol. The molecule has 0 aliphatic heterocycles. The second kappa shape index (κ2) is 9.46. The van der Waals surface area contributed by atoms with E-state index in [9.17, 15) is 4.79 Å². The van der Waals surface area contributed by atoms with Crippen LogP contribution in [0.3, 0.4) is 0 Å². The maximum absolute atomic E-state index is 12.4. The fourth-order valence-electron chi connectivity index (χ4n) is 2.50. The van der Waals surface area contributed by atoms with Gasteiger partial charge in [0.05, 0.1) is 13.7 Å². The minimum atomic E-state index is -0.166. The highest BCUT2D eigenvalue weighted by atomic mass is 35.5. The van der Waals surface area contributed by atoms with E-state index >= 15 is 0 Å². The minimum Gasteiger partial charge on any atom is -0.496 e. The molecule has 6 heteroatoms. The Morgan fingerprint density at radius 2 is 1.96 bits per heavy atom. The first-order valence-electron chi connectivity index (χ1n) is 8.30. The third-order valence-corrected chi connectivity index (χ3v) is 4.28. The van der Waals surface area contributed by atoms with E-state index in [-0.39, 0.29) is 18.6 Å². The molecule has 0 saturated carbocycles. The third kappa shape index (κ3) is 5.38. The van der Waals surface area contributed by atoms with Crippen molar-refractivity contribution in [2.75, 3.05) is 20.8 Å². The predicted molar refractivity (Wildman–Crippen MR) is 102 cm³/mol. The van der Waals surface area contributed by atoms with Crippen molar-refractivity contribution < 1.29 is 19.0 Å². The van der Waals surface area contributed by atoms with E-state index in [1.165, 1.54) is 0 Å². The number of hydrogen-bond acceptors (Lipinski definition) is 4. The van der Waals surface area contributed by atoms with Gasteiger partial charge >= 0.3 is 0 Å². The number of benzene rings is 2. The number of methoxy groups -OCH3 is 2. The molecule has 140 valence electrons. The second-order valence-electron chi connectivity index (χ2n) is 6.06. The van der Waals surface area contributed by atoms with Crippen molar-refractivity contribution in [3.8, 4) is 11.5 Å². The Labute approximate surface area is 159 Å². The van der Waals surface area contributed by atoms with E-state index in [1.54, 1.807) is 38.5 Å². The fraction of sp³-hybridized carbons (Fsp3) is 0.350. The molecule has 0 fully saturated rings. The maximum Gasteiger partial charge on any atom is 0.251 e. The van der Waals surface area contributed by atoms with Crippen LogP contribution in [-0.4, -0.2) is 32.8 Å². The average Bonchev–Trinajstić information content (AvgIpc) is 2.62. The predicted octanol–water partition coefficient (Wildman–Crippen LogP) is 4.00. The zero-order chi connectivity index (χ0) is 19.1. The van der Waals surface area contributed by atoms with E-state index < -0.39 is 0 Å². The molecular formula is C20H24ClNO4. The number of rotatable bonds is 8. The molecule has 0 radical (unpaired) electrons. The summed E-state index contributed by atoms with van der Waals surface area (Å²) in [5, 5.41) is 3.58. The molecule has 1 unspecified atom stereocenters. The molecule has 0 aromatic heterocycles. The van der Waals surface area contributed by atoms with Gasteiger partial charge in [0, 0.05) is 29.3 Å². The standard InChI is InChI=1S/C20H24ClNO4/c1-13-9-17(6-7-18(13)21)26-12-16-10-15(5-8-19(16)25-4)20(23)22-14(2)11-24-3/h5-10,14H,11-12H2,1-4H3,(H,22,23). The van der Waals surface area contributed by atoms with Crippen molar-refractivity contribution in [3.05, 3.63) is 58.1 Å². The van der Waals surface area contributed by atoms with Crippen molar-refractivity contribution in [2.45, 2.75) is 26.5 Å². The van der Waals surface area contributed by atoms with Crippen molar-refractivity contribution in [1.29, 1.82) is 0 Å². The van der Waals surface area contributed by atoms with Crippen LogP contribution < -0.4 is 14.8 Å². The van der Waals surface area contributed by atoms with E-state index in [4.69, 9.17) is 25.8 Å². The van der Waals surface area contributed by atoms with Crippen LogP contribution in [-0.2, 0) is 11.3 Å². The minimum absolute atomic E-state index is 0.0775. The van der Waals surface area contributed by atoms with Gasteiger partial charge in [-0.2, -0.15) is 0 Å². The van der Waals surface area contributed by atoms with Crippen LogP contribution in [0, 0.1) is 6.92 Å². The summed E-state index contributed by atoms with van der Waals surface area (Å²) in [5.41, 5.74) is 2.27. The number of hydrogen-bond donors (Lipinski definition) is 1. The zero-order valence-corrected chi connectivity index (χ0v) is 16.2. The summed E-state index contributed by atoms with van der Waals surface area (Å²) >= 11 is 6.04. The number of nitrogens with one attached hydrogen (secondary N) is 1. The van der Waals surface area contributed by atoms with E-state index in [2.05, 4.69) is 5.32 Å². The first-order valence-corrected chi connectivity index (χ1v) is 8.68. The Morgan fingerprint density at radius 1 is 1.19 bits per heavy atom. The number of aryl methyl sites for hydroxylation is 1. The normalized spacial score (nSPS) is 11.7. The monoisotopic (exact) mass is 377 g/mol. The lowest BCUT2D eigenvalue weighted by Crippen LogP contribution is -2.35. The highest BCUT2D eigenvalue weighted by Gasteiger charge is 2.13. The molecule has 0 aliphatic carbocycles. The van der Waals surface area contributed by atoms with Crippen LogP contribution in [0.5, 0.6) is 11.5 Å². The lowest BCUT2D eigenvalue weighted by atomic mass is 10.1. The van der Waals surface area contributed by atoms with Gasteiger partial charge in [-0.1, -0.05) is 11.6 Å². The maximum atomic E-state index is 12.4. The first kappa shape index (κ1) is 20.1. The quantitative estimate of drug-likeness (QED) is 0.755. The number of carbonyl (C=O) groups excluding carboxylic acids is 1. The SMILES string of the molecule is COCC(C)NC(=O)c1ccc(OC)c(COc2ccc(Cl)c(C)c2)c1. The van der Waals surface area contributed by atoms with Gasteiger partial charge in [0.2, 0.25) is 0 Å². The molecule has 0 spiro atoms. The van der Waals surface area contributed by atoms with Crippen LogP contribution in [0.4, 0.5) is 0 Å². The molecule has 1 N–H and O–H groups in total. The zero-order valence-electron chi connectivity index (χ0n) is 15.5. The molecule has 2 aromatic carbocycles. The van der Waals surface area contributed by atoms with Crippen LogP contribution in [0.1, 0.15) is 28.4 Å². The van der Waals surface area contributed by atoms with Gasteiger partial charge in [-0.3, -0.25) is 4.79 Å². The molecule has 2 rings (SSSR count). The van der Waals surface area contributed by atoms with Gasteiger partial charge in [0.1, 0.15) is 18.1 Å². The molecule has 2 aromatic rings. The van der Waals surface area contributed by atoms with Gasteiger partial charge in [-0.25, -0.2) is 0 Å². The molecule has 0 aliphatic rings. The van der Waals surface area contributed by atoms with Gasteiger partial charge in [0.15, 0.2) is 0 Å². The number of ether oxygens (including phenoxy) is 3. The largest absolute Gasteiger partial charge is 0.496 e. The van der Waals surface area contributed by atoms with E-state index in [1.807, 2.05) is 26.0 Å². The van der Waals surface area contributed by atoms with Gasteiger partial charge < -0.3 is 19.5 Å². The number of amides is 1. The van der Waals surface area contributed by atoms with E-state index in [0.29, 0.717) is 28.7 Å².